The molecule has 114 valence electrons. The zero-order chi connectivity index (χ0) is 15.0. The largest absolute Gasteiger partial charge is 0.391 e. The van der Waals surface area contributed by atoms with E-state index in [1.807, 2.05) is 6.92 Å². The van der Waals surface area contributed by atoms with Gasteiger partial charge in [-0.15, -0.1) is 11.3 Å². The van der Waals surface area contributed by atoms with Gasteiger partial charge in [-0.3, -0.25) is 0 Å². The number of nitrogens with zero attached hydrogens (tertiary/aromatic N) is 3. The van der Waals surface area contributed by atoms with Crippen LogP contribution in [0.1, 0.15) is 25.1 Å². The van der Waals surface area contributed by atoms with Crippen LogP contribution >= 0.6 is 11.3 Å². The topological polar surface area (TPSA) is 61.3 Å². The van der Waals surface area contributed by atoms with Crippen molar-refractivity contribution >= 4 is 33.3 Å². The maximum absolute atomic E-state index is 10.2. The number of nitrogens with one attached hydrogen (secondary N) is 1. The van der Waals surface area contributed by atoms with Crippen LogP contribution in [0.25, 0.3) is 10.2 Å². The molecule has 6 heteroatoms. The quantitative estimate of drug-likeness (QED) is 0.913. The Morgan fingerprint density at radius 2 is 2.29 bits per heavy atom. The third-order valence-corrected chi connectivity index (χ3v) is 4.99. The first-order valence-electron chi connectivity index (χ1n) is 7.53. The Bertz CT molecular complexity index is 642. The lowest BCUT2D eigenvalue weighted by Gasteiger charge is -2.35. The van der Waals surface area contributed by atoms with Crippen LogP contribution in [-0.4, -0.2) is 40.8 Å². The summed E-state index contributed by atoms with van der Waals surface area (Å²) < 4.78 is 0. The van der Waals surface area contributed by atoms with Gasteiger partial charge in [-0.2, -0.15) is 4.98 Å². The predicted molar refractivity (Wildman–Crippen MR) is 88.3 cm³/mol. The van der Waals surface area contributed by atoms with Gasteiger partial charge >= 0.3 is 0 Å². The number of fused-ring (bicyclic) bond motifs is 1. The molecule has 0 aromatic carbocycles. The van der Waals surface area contributed by atoms with Gasteiger partial charge in [0.1, 0.15) is 10.6 Å². The van der Waals surface area contributed by atoms with Crippen molar-refractivity contribution in [3.05, 3.63) is 10.9 Å². The predicted octanol–water partition coefficient (Wildman–Crippen LogP) is 2.64. The van der Waals surface area contributed by atoms with E-state index in [9.17, 15) is 5.11 Å². The average Bonchev–Trinajstić information content (AvgIpc) is 2.81. The van der Waals surface area contributed by atoms with E-state index in [0.29, 0.717) is 18.4 Å². The third kappa shape index (κ3) is 2.82. The molecule has 0 saturated carbocycles. The number of aliphatic hydroxyl groups excluding tert-OH is 1. The van der Waals surface area contributed by atoms with E-state index in [1.54, 1.807) is 11.3 Å². The molecule has 1 aliphatic rings. The van der Waals surface area contributed by atoms with Crippen molar-refractivity contribution in [3.8, 4) is 0 Å². The maximum atomic E-state index is 10.2. The second-order valence-corrected chi connectivity index (χ2v) is 6.99. The van der Waals surface area contributed by atoms with E-state index >= 15 is 0 Å². The van der Waals surface area contributed by atoms with E-state index in [4.69, 9.17) is 0 Å². The summed E-state index contributed by atoms with van der Waals surface area (Å²) in [5.74, 6) is 1.98. The summed E-state index contributed by atoms with van der Waals surface area (Å²) in [6.07, 6.45) is 0.706. The normalized spacial score (nSPS) is 22.8. The molecule has 2 aromatic rings. The summed E-state index contributed by atoms with van der Waals surface area (Å²) in [6.45, 7) is 8.62. The minimum absolute atomic E-state index is 0.286. The number of rotatable bonds is 3. The van der Waals surface area contributed by atoms with Gasteiger partial charge in [-0.25, -0.2) is 4.98 Å². The van der Waals surface area contributed by atoms with E-state index < -0.39 is 0 Å². The van der Waals surface area contributed by atoms with E-state index in [2.05, 4.69) is 40.1 Å². The fourth-order valence-corrected chi connectivity index (χ4v) is 3.62. The molecule has 1 saturated heterocycles. The Morgan fingerprint density at radius 3 is 3.00 bits per heavy atom. The maximum Gasteiger partial charge on any atom is 0.226 e. The molecule has 5 nitrogen and oxygen atoms in total. The molecule has 21 heavy (non-hydrogen) atoms. The van der Waals surface area contributed by atoms with Crippen LogP contribution in [0.15, 0.2) is 6.07 Å². The molecule has 1 fully saturated rings. The average molecular weight is 306 g/mol. The van der Waals surface area contributed by atoms with Gasteiger partial charge in [0.25, 0.3) is 0 Å². The second kappa shape index (κ2) is 5.77. The number of hydrogen-bond acceptors (Lipinski definition) is 6. The molecule has 0 aliphatic carbocycles. The number of β-amino-alcohol motifs (C(OH)–C–C–N with tert-alkyl or cyclic N) is 1. The Hall–Kier alpha value is -1.40. The van der Waals surface area contributed by atoms with Crippen LogP contribution in [0, 0.1) is 12.8 Å². The van der Waals surface area contributed by atoms with Crippen molar-refractivity contribution in [1.82, 2.24) is 9.97 Å². The number of aromatic nitrogens is 2. The molecular weight excluding hydrogens is 284 g/mol. The van der Waals surface area contributed by atoms with E-state index in [0.717, 1.165) is 35.5 Å². The summed E-state index contributed by atoms with van der Waals surface area (Å²) in [5, 5.41) is 14.5. The monoisotopic (exact) mass is 306 g/mol. The molecule has 0 amide bonds. The molecule has 2 aromatic heterocycles. The summed E-state index contributed by atoms with van der Waals surface area (Å²) >= 11 is 1.69. The van der Waals surface area contributed by atoms with Crippen LogP contribution in [-0.2, 0) is 0 Å². The highest BCUT2D eigenvalue weighted by Gasteiger charge is 2.27. The zero-order valence-electron chi connectivity index (χ0n) is 12.8. The molecule has 3 heterocycles. The van der Waals surface area contributed by atoms with Crippen molar-refractivity contribution in [3.63, 3.8) is 0 Å². The summed E-state index contributed by atoms with van der Waals surface area (Å²) in [7, 11) is 0. The summed E-state index contributed by atoms with van der Waals surface area (Å²) in [6, 6.07) is 2.15. The highest BCUT2D eigenvalue weighted by atomic mass is 32.1. The fourth-order valence-electron chi connectivity index (χ4n) is 2.75. The number of anilines is 2. The first-order valence-corrected chi connectivity index (χ1v) is 8.35. The molecule has 0 bridgehead atoms. The lowest BCUT2D eigenvalue weighted by molar-refractivity contribution is 0.103. The van der Waals surface area contributed by atoms with E-state index in [-0.39, 0.29) is 6.10 Å². The van der Waals surface area contributed by atoms with Crippen LogP contribution in [0.2, 0.25) is 0 Å². The van der Waals surface area contributed by atoms with Gasteiger partial charge in [0.2, 0.25) is 5.95 Å². The van der Waals surface area contributed by atoms with Gasteiger partial charge < -0.3 is 15.3 Å². The van der Waals surface area contributed by atoms with Gasteiger partial charge in [-0.05, 0) is 32.3 Å². The Morgan fingerprint density at radius 1 is 1.48 bits per heavy atom. The SMILES string of the molecule is CCNc1nc(N2CCC(C)C(O)C2)c2cc(C)sc2n1. The summed E-state index contributed by atoms with van der Waals surface area (Å²) in [5.41, 5.74) is 0. The minimum atomic E-state index is -0.286. The Balaban J connectivity index is 2.03. The highest BCUT2D eigenvalue weighted by molar-refractivity contribution is 7.18. The van der Waals surface area contributed by atoms with Crippen molar-refractivity contribution in [2.24, 2.45) is 5.92 Å². The second-order valence-electron chi connectivity index (χ2n) is 5.76. The van der Waals surface area contributed by atoms with Crippen LogP contribution in [0.3, 0.4) is 0 Å². The molecular formula is C15H22N4OS. The lowest BCUT2D eigenvalue weighted by Crippen LogP contribution is -2.43. The van der Waals surface area contributed by atoms with Gasteiger partial charge in [-0.1, -0.05) is 6.92 Å². The third-order valence-electron chi connectivity index (χ3n) is 4.05. The van der Waals surface area contributed by atoms with Crippen LogP contribution < -0.4 is 10.2 Å². The van der Waals surface area contributed by atoms with Crippen LogP contribution in [0.5, 0.6) is 0 Å². The number of aryl methyl sites for hydroxylation is 1. The number of thiophene rings is 1. The summed E-state index contributed by atoms with van der Waals surface area (Å²) in [4.78, 5) is 13.7. The molecule has 1 aliphatic heterocycles. The van der Waals surface area contributed by atoms with Crippen molar-refractivity contribution in [2.75, 3.05) is 29.9 Å². The van der Waals surface area contributed by atoms with Gasteiger partial charge in [0.05, 0.1) is 11.5 Å². The molecule has 3 rings (SSSR count). The van der Waals surface area contributed by atoms with Crippen molar-refractivity contribution < 1.29 is 5.11 Å². The molecule has 0 radical (unpaired) electrons. The number of piperidine rings is 1. The van der Waals surface area contributed by atoms with Crippen LogP contribution in [0.4, 0.5) is 11.8 Å². The highest BCUT2D eigenvalue weighted by Crippen LogP contribution is 2.33. The molecule has 2 N–H and O–H groups in total. The minimum Gasteiger partial charge on any atom is -0.391 e. The lowest BCUT2D eigenvalue weighted by atomic mass is 9.96. The first kappa shape index (κ1) is 14.5. The number of aliphatic hydroxyl groups is 1. The molecule has 2 atom stereocenters. The van der Waals surface area contributed by atoms with Gasteiger partial charge in [0, 0.05) is 24.5 Å². The zero-order valence-corrected chi connectivity index (χ0v) is 13.6. The van der Waals surface area contributed by atoms with E-state index in [1.165, 1.54) is 4.88 Å². The Kier molecular flexibility index (Phi) is 3.99. The molecule has 2 unspecified atom stereocenters. The standard InChI is InChI=1S/C15H22N4OS/c1-4-16-15-17-13(11-7-10(3)21-14(11)18-15)19-6-5-9(2)12(20)8-19/h7,9,12,20H,4-6,8H2,1-3H3,(H,16,17,18). The fraction of sp³-hybridized carbons (Fsp3) is 0.600. The Labute approximate surface area is 129 Å². The van der Waals surface area contributed by atoms with Gasteiger partial charge in [0.15, 0.2) is 0 Å². The smallest absolute Gasteiger partial charge is 0.226 e. The van der Waals surface area contributed by atoms with Crippen molar-refractivity contribution in [2.45, 2.75) is 33.3 Å². The van der Waals surface area contributed by atoms with Crippen molar-refractivity contribution in [1.29, 1.82) is 0 Å². The first-order chi connectivity index (χ1) is 10.1. The molecule has 0 spiro atoms. The number of hydrogen-bond donors (Lipinski definition) is 2.